The Morgan fingerprint density at radius 3 is 2.39 bits per heavy atom. The molecule has 0 N–H and O–H groups in total. The highest BCUT2D eigenvalue weighted by molar-refractivity contribution is 5.68. The van der Waals surface area contributed by atoms with Crippen molar-refractivity contribution in [3.8, 4) is 22.8 Å². The summed E-state index contributed by atoms with van der Waals surface area (Å²) in [6.07, 6.45) is -1.67. The quantitative estimate of drug-likeness (QED) is 0.373. The van der Waals surface area contributed by atoms with Crippen molar-refractivity contribution in [1.29, 1.82) is 0 Å². The Morgan fingerprint density at radius 2 is 1.73 bits per heavy atom. The van der Waals surface area contributed by atoms with Crippen molar-refractivity contribution >= 4 is 0 Å². The van der Waals surface area contributed by atoms with Gasteiger partial charge in [-0.05, 0) is 37.3 Å². The van der Waals surface area contributed by atoms with Crippen molar-refractivity contribution in [2.24, 2.45) is 7.05 Å². The van der Waals surface area contributed by atoms with E-state index in [-0.39, 0.29) is 35.1 Å². The fourth-order valence-electron chi connectivity index (χ4n) is 3.44. The van der Waals surface area contributed by atoms with Crippen LogP contribution >= 0.6 is 0 Å². The molecule has 0 radical (unpaired) electrons. The molecule has 0 saturated carbocycles. The van der Waals surface area contributed by atoms with Gasteiger partial charge in [-0.1, -0.05) is 0 Å². The third-order valence-corrected chi connectivity index (χ3v) is 4.75. The molecule has 3 aromatic heterocycles. The molecule has 0 bridgehead atoms. The first-order valence-corrected chi connectivity index (χ1v) is 9.65. The number of aryl methyl sites for hydroxylation is 2. The maximum atomic E-state index is 13.4. The number of alkyl halides is 4. The Hall–Kier alpha value is -3.83. The van der Waals surface area contributed by atoms with Gasteiger partial charge in [0.1, 0.15) is 29.2 Å². The van der Waals surface area contributed by atoms with Gasteiger partial charge in [-0.3, -0.25) is 4.68 Å². The van der Waals surface area contributed by atoms with Crippen LogP contribution in [0.25, 0.3) is 17.1 Å². The third-order valence-electron chi connectivity index (χ3n) is 4.75. The largest absolute Gasteiger partial charge is 0.430 e. The fraction of sp³-hybridized carbons (Fsp3) is 0.238. The zero-order chi connectivity index (χ0) is 23.7. The number of halogens is 5. The van der Waals surface area contributed by atoms with E-state index >= 15 is 0 Å². The molecule has 1 aromatic carbocycles. The van der Waals surface area contributed by atoms with Gasteiger partial charge in [0.05, 0.1) is 11.4 Å². The second-order valence-corrected chi connectivity index (χ2v) is 7.10. The number of ether oxygens (including phenoxy) is 1. The molecule has 0 amide bonds. The van der Waals surface area contributed by atoms with Crippen LogP contribution in [0.5, 0.6) is 5.75 Å². The Bertz CT molecular complexity index is 1270. The van der Waals surface area contributed by atoms with Crippen LogP contribution < -0.4 is 4.74 Å². The first kappa shape index (κ1) is 22.4. The molecule has 0 unspecified atom stereocenters. The minimum atomic E-state index is -3.13. The molecule has 0 aliphatic heterocycles. The maximum Gasteiger partial charge on any atom is 0.387 e. The molecule has 0 spiro atoms. The SMILES string of the molecule is Cc1cc(C(F)F)n(-c2cc(Cc3nn(C)c(-c4ccc(F)cc4)c3OC(F)F)ncn2)n1. The van der Waals surface area contributed by atoms with E-state index in [1.807, 2.05) is 0 Å². The maximum absolute atomic E-state index is 13.4. The number of hydrogen-bond donors (Lipinski definition) is 0. The molecule has 172 valence electrons. The minimum Gasteiger partial charge on any atom is -0.430 e. The summed E-state index contributed by atoms with van der Waals surface area (Å²) in [5.74, 6) is -0.583. The van der Waals surface area contributed by atoms with E-state index in [1.165, 1.54) is 48.1 Å². The van der Waals surface area contributed by atoms with Gasteiger partial charge in [-0.15, -0.1) is 0 Å². The summed E-state index contributed by atoms with van der Waals surface area (Å²) in [6.45, 7) is -1.56. The second-order valence-electron chi connectivity index (χ2n) is 7.10. The zero-order valence-electron chi connectivity index (χ0n) is 17.4. The van der Waals surface area contributed by atoms with E-state index < -0.39 is 18.9 Å². The first-order valence-electron chi connectivity index (χ1n) is 9.65. The van der Waals surface area contributed by atoms with Crippen LogP contribution in [0.15, 0.2) is 42.7 Å². The normalized spacial score (nSPS) is 11.5. The zero-order valence-corrected chi connectivity index (χ0v) is 17.4. The molecule has 7 nitrogen and oxygen atoms in total. The summed E-state index contributed by atoms with van der Waals surface area (Å²) in [4.78, 5) is 8.10. The molecule has 0 fully saturated rings. The lowest BCUT2D eigenvalue weighted by Gasteiger charge is -2.09. The molecule has 0 aliphatic rings. The van der Waals surface area contributed by atoms with E-state index in [4.69, 9.17) is 4.74 Å². The van der Waals surface area contributed by atoms with Crippen molar-refractivity contribution in [2.45, 2.75) is 26.4 Å². The molecular weight excluding hydrogens is 447 g/mol. The lowest BCUT2D eigenvalue weighted by atomic mass is 10.1. The Labute approximate surface area is 184 Å². The van der Waals surface area contributed by atoms with E-state index in [0.717, 1.165) is 11.0 Å². The smallest absolute Gasteiger partial charge is 0.387 e. The highest BCUT2D eigenvalue weighted by Gasteiger charge is 2.24. The summed E-state index contributed by atoms with van der Waals surface area (Å²) < 4.78 is 73.5. The standard InChI is InChI=1S/C21H17F5N6O/c1-11-7-16(20(23)24)32(29-11)17-9-14(27-10-28-17)8-15-19(33-21(25)26)18(31(2)30-15)12-3-5-13(22)6-4-12/h3-7,9-10,20-21H,8H2,1-2H3. The fourth-order valence-corrected chi connectivity index (χ4v) is 3.44. The highest BCUT2D eigenvalue weighted by Crippen LogP contribution is 2.35. The first-order chi connectivity index (χ1) is 15.7. The van der Waals surface area contributed by atoms with Crippen LogP contribution in [0.1, 0.15) is 29.2 Å². The molecule has 33 heavy (non-hydrogen) atoms. The van der Waals surface area contributed by atoms with Crippen molar-refractivity contribution in [3.05, 3.63) is 71.3 Å². The predicted molar refractivity (Wildman–Crippen MR) is 107 cm³/mol. The molecule has 0 aliphatic carbocycles. The average molecular weight is 464 g/mol. The van der Waals surface area contributed by atoms with Gasteiger partial charge < -0.3 is 4.74 Å². The topological polar surface area (TPSA) is 70.7 Å². The molecule has 4 rings (SSSR count). The number of rotatable bonds is 7. The van der Waals surface area contributed by atoms with Gasteiger partial charge in [-0.2, -0.15) is 19.0 Å². The summed E-state index contributed by atoms with van der Waals surface area (Å²) in [7, 11) is 1.54. The minimum absolute atomic E-state index is 0.0587. The van der Waals surface area contributed by atoms with Crippen molar-refractivity contribution in [2.75, 3.05) is 0 Å². The Kier molecular flexibility index (Phi) is 6.07. The van der Waals surface area contributed by atoms with Gasteiger partial charge in [0.15, 0.2) is 11.6 Å². The Balaban J connectivity index is 1.73. The summed E-state index contributed by atoms with van der Waals surface area (Å²) in [5.41, 5.74) is 1.14. The van der Waals surface area contributed by atoms with Crippen LogP contribution in [0, 0.1) is 12.7 Å². The van der Waals surface area contributed by atoms with Gasteiger partial charge in [0, 0.05) is 25.1 Å². The van der Waals surface area contributed by atoms with Crippen molar-refractivity contribution < 1.29 is 26.7 Å². The Morgan fingerprint density at radius 1 is 1.00 bits per heavy atom. The van der Waals surface area contributed by atoms with Crippen molar-refractivity contribution in [1.82, 2.24) is 29.5 Å². The van der Waals surface area contributed by atoms with Crippen LogP contribution in [-0.2, 0) is 13.5 Å². The molecule has 0 atom stereocenters. The van der Waals surface area contributed by atoms with E-state index in [0.29, 0.717) is 17.0 Å². The number of nitrogens with zero attached hydrogens (tertiary/aromatic N) is 6. The van der Waals surface area contributed by atoms with E-state index in [2.05, 4.69) is 20.2 Å². The van der Waals surface area contributed by atoms with Crippen LogP contribution in [0.2, 0.25) is 0 Å². The highest BCUT2D eigenvalue weighted by atomic mass is 19.3. The van der Waals surface area contributed by atoms with Gasteiger partial charge in [0.25, 0.3) is 6.43 Å². The van der Waals surface area contributed by atoms with Gasteiger partial charge in [-0.25, -0.2) is 27.8 Å². The molecule has 3 heterocycles. The molecule has 0 saturated heterocycles. The van der Waals surface area contributed by atoms with E-state index in [1.54, 1.807) is 6.92 Å². The van der Waals surface area contributed by atoms with E-state index in [9.17, 15) is 22.0 Å². The molecular formula is C21H17F5N6O. The molecule has 12 heteroatoms. The lowest BCUT2D eigenvalue weighted by molar-refractivity contribution is -0.0500. The molecule has 4 aromatic rings. The van der Waals surface area contributed by atoms with Crippen LogP contribution in [-0.4, -0.2) is 36.1 Å². The monoisotopic (exact) mass is 464 g/mol. The third kappa shape index (κ3) is 4.69. The summed E-state index contributed by atoms with van der Waals surface area (Å²) in [5, 5.41) is 8.32. The summed E-state index contributed by atoms with van der Waals surface area (Å²) >= 11 is 0. The number of aromatic nitrogens is 6. The van der Waals surface area contributed by atoms with Crippen molar-refractivity contribution in [3.63, 3.8) is 0 Å². The van der Waals surface area contributed by atoms with Crippen LogP contribution in [0.3, 0.4) is 0 Å². The van der Waals surface area contributed by atoms with Gasteiger partial charge in [0.2, 0.25) is 0 Å². The predicted octanol–water partition coefficient (Wildman–Crippen LogP) is 4.64. The van der Waals surface area contributed by atoms with Crippen LogP contribution in [0.4, 0.5) is 22.0 Å². The average Bonchev–Trinajstić information content (AvgIpc) is 3.29. The van der Waals surface area contributed by atoms with Gasteiger partial charge >= 0.3 is 6.61 Å². The lowest BCUT2D eigenvalue weighted by Crippen LogP contribution is -2.08. The second kappa shape index (κ2) is 8.96. The summed E-state index contributed by atoms with van der Waals surface area (Å²) in [6, 6.07) is 7.88. The number of hydrogen-bond acceptors (Lipinski definition) is 5. The number of benzene rings is 1.